The van der Waals surface area contributed by atoms with Gasteiger partial charge in [0.2, 0.25) is 0 Å². The molecule has 2 fully saturated rings. The van der Waals surface area contributed by atoms with E-state index in [0.717, 1.165) is 35.9 Å². The van der Waals surface area contributed by atoms with Gasteiger partial charge in [0.25, 0.3) is 0 Å². The highest BCUT2D eigenvalue weighted by Gasteiger charge is 2.35. The van der Waals surface area contributed by atoms with Crippen molar-refractivity contribution in [2.45, 2.75) is 50.4 Å². The standard InChI is InChI=1S/C26H28F3N7O/c1-35-14-30-34-25(35)22(15-4-2-5-15)16-6-3-7-17(10-16)23-19-11-21(26(27,28)29)31-20(24(19)33-32-23)13-36-9-8-18(37)12-36/h3,6-7,10-11,14-15,18,22,37H,2,4-5,8-9,12-13H2,1H3,(H,32,33)/t18-,22+/m0/s1. The van der Waals surface area contributed by atoms with Gasteiger partial charge in [-0.05, 0) is 42.9 Å². The number of β-amino-alcohol motifs (C(OH)–C–C–N with tert-alkyl or cyclic N) is 1. The number of aryl methyl sites for hydroxylation is 1. The van der Waals surface area contributed by atoms with Gasteiger partial charge in [-0.1, -0.05) is 24.6 Å². The number of hydrogen-bond donors (Lipinski definition) is 2. The summed E-state index contributed by atoms with van der Waals surface area (Å²) in [6.07, 6.45) is 0.593. The molecule has 11 heteroatoms. The van der Waals surface area contributed by atoms with Gasteiger partial charge in [-0.15, -0.1) is 10.2 Å². The molecule has 2 aliphatic rings. The molecule has 0 amide bonds. The smallest absolute Gasteiger partial charge is 0.392 e. The molecule has 0 bridgehead atoms. The molecule has 2 atom stereocenters. The number of alkyl halides is 3. The molecule has 37 heavy (non-hydrogen) atoms. The predicted molar refractivity (Wildman–Crippen MR) is 130 cm³/mol. The van der Waals surface area contributed by atoms with Crippen LogP contribution in [0, 0.1) is 5.92 Å². The summed E-state index contributed by atoms with van der Waals surface area (Å²) in [5, 5.41) is 26.1. The average Bonchev–Trinajstić information content (AvgIpc) is 3.55. The van der Waals surface area contributed by atoms with Crippen LogP contribution in [0.5, 0.6) is 0 Å². The third-order valence-electron chi connectivity index (χ3n) is 7.71. The van der Waals surface area contributed by atoms with E-state index in [0.29, 0.717) is 42.0 Å². The number of rotatable bonds is 6. The number of aliphatic hydroxyl groups is 1. The van der Waals surface area contributed by atoms with Crippen molar-refractivity contribution in [1.29, 1.82) is 0 Å². The van der Waals surface area contributed by atoms with Gasteiger partial charge in [-0.2, -0.15) is 18.3 Å². The molecule has 8 nitrogen and oxygen atoms in total. The maximum absolute atomic E-state index is 13.8. The van der Waals surface area contributed by atoms with Gasteiger partial charge in [-0.3, -0.25) is 10.00 Å². The molecule has 0 spiro atoms. The van der Waals surface area contributed by atoms with E-state index in [1.807, 2.05) is 40.8 Å². The van der Waals surface area contributed by atoms with Crippen molar-refractivity contribution in [3.05, 3.63) is 59.4 Å². The van der Waals surface area contributed by atoms with Crippen LogP contribution in [-0.4, -0.2) is 59.1 Å². The Morgan fingerprint density at radius 2 is 2.03 bits per heavy atom. The molecule has 4 aromatic rings. The van der Waals surface area contributed by atoms with Gasteiger partial charge in [-0.25, -0.2) is 4.98 Å². The minimum atomic E-state index is -4.59. The number of hydrogen-bond acceptors (Lipinski definition) is 6. The Balaban J connectivity index is 1.43. The first-order chi connectivity index (χ1) is 17.8. The molecule has 194 valence electrons. The van der Waals surface area contributed by atoms with Gasteiger partial charge in [0.05, 0.1) is 17.3 Å². The van der Waals surface area contributed by atoms with Gasteiger partial charge in [0.15, 0.2) is 0 Å². The number of fused-ring (bicyclic) bond motifs is 1. The summed E-state index contributed by atoms with van der Waals surface area (Å²) in [5.41, 5.74) is 2.06. The zero-order valence-corrected chi connectivity index (χ0v) is 20.4. The van der Waals surface area contributed by atoms with Crippen LogP contribution in [0.2, 0.25) is 0 Å². The maximum atomic E-state index is 13.8. The fourth-order valence-corrected chi connectivity index (χ4v) is 5.59. The van der Waals surface area contributed by atoms with Gasteiger partial charge in [0, 0.05) is 43.5 Å². The van der Waals surface area contributed by atoms with Crippen LogP contribution in [-0.2, 0) is 19.8 Å². The van der Waals surface area contributed by atoms with Crippen molar-refractivity contribution in [3.63, 3.8) is 0 Å². The lowest BCUT2D eigenvalue weighted by Crippen LogP contribution is -2.24. The molecule has 0 unspecified atom stereocenters. The van der Waals surface area contributed by atoms with E-state index in [4.69, 9.17) is 0 Å². The number of aromatic amines is 1. The Bertz CT molecular complexity index is 1430. The number of nitrogens with zero attached hydrogens (tertiary/aromatic N) is 6. The van der Waals surface area contributed by atoms with Gasteiger partial charge in [0.1, 0.15) is 23.5 Å². The zero-order chi connectivity index (χ0) is 25.7. The van der Waals surface area contributed by atoms with E-state index in [2.05, 4.69) is 25.4 Å². The molecule has 0 radical (unpaired) electrons. The van der Waals surface area contributed by atoms with Gasteiger partial charge >= 0.3 is 6.18 Å². The van der Waals surface area contributed by atoms with Crippen LogP contribution >= 0.6 is 0 Å². The molecular formula is C26H28F3N7O. The van der Waals surface area contributed by atoms with Crippen molar-refractivity contribution < 1.29 is 18.3 Å². The Morgan fingerprint density at radius 1 is 1.19 bits per heavy atom. The van der Waals surface area contributed by atoms with Crippen LogP contribution in [0.3, 0.4) is 0 Å². The maximum Gasteiger partial charge on any atom is 0.433 e. The highest BCUT2D eigenvalue weighted by atomic mass is 19.4. The van der Waals surface area contributed by atoms with Crippen LogP contribution < -0.4 is 0 Å². The summed E-state index contributed by atoms with van der Waals surface area (Å²) in [4.78, 5) is 5.88. The summed E-state index contributed by atoms with van der Waals surface area (Å²) in [5.74, 6) is 1.38. The number of halogens is 3. The fourth-order valence-electron chi connectivity index (χ4n) is 5.59. The second kappa shape index (κ2) is 9.21. The highest BCUT2D eigenvalue weighted by Crippen LogP contribution is 2.43. The topological polar surface area (TPSA) is 95.8 Å². The summed E-state index contributed by atoms with van der Waals surface area (Å²) in [6.45, 7) is 1.22. The lowest BCUT2D eigenvalue weighted by molar-refractivity contribution is -0.141. The number of pyridine rings is 1. The molecule has 6 rings (SSSR count). The number of nitrogens with one attached hydrogen (secondary N) is 1. The molecule has 1 aliphatic heterocycles. The summed E-state index contributed by atoms with van der Waals surface area (Å²) >= 11 is 0. The molecule has 4 heterocycles. The Hall–Kier alpha value is -3.31. The van der Waals surface area contributed by atoms with Crippen molar-refractivity contribution in [2.75, 3.05) is 13.1 Å². The van der Waals surface area contributed by atoms with E-state index in [1.54, 1.807) is 6.33 Å². The fraction of sp³-hybridized carbons (Fsp3) is 0.462. The number of aliphatic hydroxyl groups excluding tert-OH is 1. The van der Waals surface area contributed by atoms with Crippen molar-refractivity contribution in [2.24, 2.45) is 13.0 Å². The summed E-state index contributed by atoms with van der Waals surface area (Å²) in [6, 6.07) is 8.93. The van der Waals surface area contributed by atoms with Crippen LogP contribution in [0.15, 0.2) is 36.7 Å². The Kier molecular flexibility index (Phi) is 5.99. The minimum Gasteiger partial charge on any atom is -0.392 e. The van der Waals surface area contributed by atoms with E-state index >= 15 is 0 Å². The van der Waals surface area contributed by atoms with E-state index in [1.165, 1.54) is 6.42 Å². The van der Waals surface area contributed by atoms with Crippen LogP contribution in [0.4, 0.5) is 13.2 Å². The number of H-pyrrole nitrogens is 1. The number of aromatic nitrogens is 6. The van der Waals surface area contributed by atoms with E-state index < -0.39 is 18.0 Å². The lowest BCUT2D eigenvalue weighted by Gasteiger charge is -2.33. The Morgan fingerprint density at radius 3 is 2.68 bits per heavy atom. The molecule has 3 aromatic heterocycles. The zero-order valence-electron chi connectivity index (χ0n) is 20.4. The molecular weight excluding hydrogens is 483 g/mol. The number of benzene rings is 1. The van der Waals surface area contributed by atoms with Crippen LogP contribution in [0.25, 0.3) is 22.2 Å². The average molecular weight is 512 g/mol. The molecule has 1 aliphatic carbocycles. The quantitative estimate of drug-likeness (QED) is 0.402. The third-order valence-corrected chi connectivity index (χ3v) is 7.71. The summed E-state index contributed by atoms with van der Waals surface area (Å²) < 4.78 is 43.5. The molecule has 1 aromatic carbocycles. The normalized spacial score (nSPS) is 20.0. The van der Waals surface area contributed by atoms with Crippen molar-refractivity contribution >= 4 is 10.9 Å². The SMILES string of the molecule is Cn1cnnc1[C@@H](c1cccc(-c2n[nH]c3c(CN4CC[C@H](O)C4)nc(C(F)(F)F)cc23)c1)C1CCC1. The second-order valence-corrected chi connectivity index (χ2v) is 10.2. The van der Waals surface area contributed by atoms with Crippen molar-refractivity contribution in [3.8, 4) is 11.3 Å². The van der Waals surface area contributed by atoms with Crippen molar-refractivity contribution in [1.82, 2.24) is 34.8 Å². The third kappa shape index (κ3) is 4.50. The Labute approximate surface area is 211 Å². The first kappa shape index (κ1) is 24.1. The lowest BCUT2D eigenvalue weighted by atomic mass is 9.72. The molecule has 1 saturated heterocycles. The largest absolute Gasteiger partial charge is 0.433 e. The second-order valence-electron chi connectivity index (χ2n) is 10.2. The first-order valence-electron chi connectivity index (χ1n) is 12.6. The van der Waals surface area contributed by atoms with Gasteiger partial charge < -0.3 is 9.67 Å². The highest BCUT2D eigenvalue weighted by molar-refractivity contribution is 5.94. The number of likely N-dealkylation sites (tertiary alicyclic amines) is 1. The monoisotopic (exact) mass is 511 g/mol. The van der Waals surface area contributed by atoms with E-state index in [9.17, 15) is 18.3 Å². The van der Waals surface area contributed by atoms with E-state index in [-0.39, 0.29) is 18.2 Å². The summed E-state index contributed by atoms with van der Waals surface area (Å²) in [7, 11) is 1.93. The predicted octanol–water partition coefficient (Wildman–Crippen LogP) is 4.27. The molecule has 1 saturated carbocycles. The van der Waals surface area contributed by atoms with Crippen LogP contribution in [0.1, 0.15) is 54.4 Å². The first-order valence-corrected chi connectivity index (χ1v) is 12.6. The molecule has 2 N–H and O–H groups in total. The minimum absolute atomic E-state index is 0.0518.